The van der Waals surface area contributed by atoms with Gasteiger partial charge in [0.1, 0.15) is 5.75 Å². The van der Waals surface area contributed by atoms with Gasteiger partial charge in [0.05, 0.1) is 0 Å². The summed E-state index contributed by atoms with van der Waals surface area (Å²) in [6.07, 6.45) is 1.98. The van der Waals surface area contributed by atoms with Gasteiger partial charge in [0.25, 0.3) is 5.91 Å². The Morgan fingerprint density at radius 2 is 1.94 bits per heavy atom. The number of carbonyl (C=O) groups excluding carboxylic acids is 2. The minimum atomic E-state index is -0.510. The highest BCUT2D eigenvalue weighted by molar-refractivity contribution is 7.98. The fraction of sp³-hybridized carbons (Fsp3) is 0.333. The normalized spacial score (nSPS) is 9.67. The molecule has 0 unspecified atom stereocenters. The second-order valence-corrected chi connectivity index (χ2v) is 4.25. The number of thioether (sulfide) groups is 1. The highest BCUT2D eigenvalue weighted by atomic mass is 32.2. The predicted octanol–water partition coefficient (Wildman–Crippen LogP) is 1.63. The van der Waals surface area contributed by atoms with Gasteiger partial charge in [0.15, 0.2) is 6.61 Å². The number of rotatable bonds is 5. The van der Waals surface area contributed by atoms with Crippen molar-refractivity contribution in [2.75, 3.05) is 19.4 Å². The molecule has 0 saturated carbocycles. The summed E-state index contributed by atoms with van der Waals surface area (Å²) in [4.78, 5) is 23.5. The van der Waals surface area contributed by atoms with Gasteiger partial charge >= 0.3 is 6.03 Å². The maximum Gasteiger partial charge on any atom is 0.321 e. The molecule has 2 N–H and O–H groups in total. The van der Waals surface area contributed by atoms with Gasteiger partial charge < -0.3 is 10.1 Å². The molecule has 1 aromatic rings. The molecule has 0 aromatic heterocycles. The maximum absolute atomic E-state index is 11.3. The summed E-state index contributed by atoms with van der Waals surface area (Å²) in [5.41, 5.74) is 0. The lowest BCUT2D eigenvalue weighted by atomic mass is 10.3. The van der Waals surface area contributed by atoms with Gasteiger partial charge in [0, 0.05) is 11.4 Å². The quantitative estimate of drug-likeness (QED) is 0.797. The summed E-state index contributed by atoms with van der Waals surface area (Å²) >= 11 is 1.63. The molecule has 0 spiro atoms. The fourth-order valence-corrected chi connectivity index (χ4v) is 1.60. The SMILES string of the molecule is CCNC(=O)NC(=O)COc1ccc(SC)cc1. The van der Waals surface area contributed by atoms with Crippen LogP contribution in [0.4, 0.5) is 4.79 Å². The van der Waals surface area contributed by atoms with Crippen molar-refractivity contribution in [1.82, 2.24) is 10.6 Å². The minimum absolute atomic E-state index is 0.185. The van der Waals surface area contributed by atoms with Gasteiger partial charge in [-0.2, -0.15) is 0 Å². The Labute approximate surface area is 110 Å². The average molecular weight is 268 g/mol. The molecule has 5 nitrogen and oxygen atoms in total. The van der Waals surface area contributed by atoms with E-state index >= 15 is 0 Å². The Kier molecular flexibility index (Phi) is 6.07. The monoisotopic (exact) mass is 268 g/mol. The number of amides is 3. The summed E-state index contributed by atoms with van der Waals surface area (Å²) in [7, 11) is 0. The molecule has 0 aliphatic heterocycles. The zero-order chi connectivity index (χ0) is 13.4. The molecule has 0 aliphatic carbocycles. The summed E-state index contributed by atoms with van der Waals surface area (Å²) in [6, 6.07) is 6.86. The Morgan fingerprint density at radius 3 is 2.50 bits per heavy atom. The van der Waals surface area contributed by atoms with E-state index in [4.69, 9.17) is 4.74 Å². The Balaban J connectivity index is 2.35. The van der Waals surface area contributed by atoms with Crippen molar-refractivity contribution in [3.8, 4) is 5.75 Å². The molecule has 98 valence electrons. The first-order chi connectivity index (χ1) is 8.65. The Hall–Kier alpha value is -1.69. The molecular formula is C12H16N2O3S. The number of hydrogen-bond donors (Lipinski definition) is 2. The van der Waals surface area contributed by atoms with E-state index in [9.17, 15) is 9.59 Å². The van der Waals surface area contributed by atoms with Crippen LogP contribution in [0.3, 0.4) is 0 Å². The van der Waals surface area contributed by atoms with Gasteiger partial charge in [-0.15, -0.1) is 11.8 Å². The summed E-state index contributed by atoms with van der Waals surface area (Å²) in [6.45, 7) is 2.06. The largest absolute Gasteiger partial charge is 0.484 e. The van der Waals surface area contributed by atoms with Crippen LogP contribution < -0.4 is 15.4 Å². The standard InChI is InChI=1S/C12H16N2O3S/c1-3-13-12(16)14-11(15)8-17-9-4-6-10(18-2)7-5-9/h4-7H,3,8H2,1-2H3,(H2,13,14,15,16). The van der Waals surface area contributed by atoms with Crippen molar-refractivity contribution in [2.45, 2.75) is 11.8 Å². The molecule has 6 heteroatoms. The summed E-state index contributed by atoms with van der Waals surface area (Å²) < 4.78 is 5.25. The van der Waals surface area contributed by atoms with Crippen molar-refractivity contribution in [2.24, 2.45) is 0 Å². The first-order valence-electron chi connectivity index (χ1n) is 5.50. The molecule has 1 rings (SSSR count). The molecule has 18 heavy (non-hydrogen) atoms. The molecule has 3 amide bonds. The van der Waals surface area contributed by atoms with E-state index in [0.717, 1.165) is 4.90 Å². The number of urea groups is 1. The smallest absolute Gasteiger partial charge is 0.321 e. The van der Waals surface area contributed by atoms with E-state index in [1.807, 2.05) is 18.4 Å². The van der Waals surface area contributed by atoms with Crippen LogP contribution in [-0.4, -0.2) is 31.3 Å². The van der Waals surface area contributed by atoms with Crippen LogP contribution in [0.15, 0.2) is 29.2 Å². The molecule has 0 heterocycles. The highest BCUT2D eigenvalue weighted by Gasteiger charge is 2.07. The molecule has 0 saturated heterocycles. The third kappa shape index (κ3) is 5.09. The van der Waals surface area contributed by atoms with E-state index in [1.165, 1.54) is 0 Å². The van der Waals surface area contributed by atoms with Crippen LogP contribution in [-0.2, 0) is 4.79 Å². The van der Waals surface area contributed by atoms with Crippen LogP contribution in [0, 0.1) is 0 Å². The van der Waals surface area contributed by atoms with Gasteiger partial charge in [-0.05, 0) is 37.4 Å². The van der Waals surface area contributed by atoms with Gasteiger partial charge in [-0.25, -0.2) is 4.79 Å². The fourth-order valence-electron chi connectivity index (χ4n) is 1.19. The summed E-state index contributed by atoms with van der Waals surface area (Å²) in [5, 5.41) is 4.62. The second kappa shape index (κ2) is 7.60. The zero-order valence-corrected chi connectivity index (χ0v) is 11.2. The van der Waals surface area contributed by atoms with Gasteiger partial charge in [-0.3, -0.25) is 10.1 Å². The molecular weight excluding hydrogens is 252 g/mol. The maximum atomic E-state index is 11.3. The molecule has 0 fully saturated rings. The van der Waals surface area contributed by atoms with E-state index in [0.29, 0.717) is 12.3 Å². The lowest BCUT2D eigenvalue weighted by molar-refractivity contribution is -0.122. The van der Waals surface area contributed by atoms with Gasteiger partial charge in [0.2, 0.25) is 0 Å². The van der Waals surface area contributed by atoms with E-state index in [-0.39, 0.29) is 6.61 Å². The van der Waals surface area contributed by atoms with Crippen LogP contribution in [0.25, 0.3) is 0 Å². The molecule has 0 atom stereocenters. The van der Waals surface area contributed by atoms with Crippen molar-refractivity contribution in [1.29, 1.82) is 0 Å². The first-order valence-corrected chi connectivity index (χ1v) is 6.72. The molecule has 1 aromatic carbocycles. The molecule has 0 aliphatic rings. The van der Waals surface area contributed by atoms with Crippen LogP contribution in [0.2, 0.25) is 0 Å². The van der Waals surface area contributed by atoms with E-state index in [1.54, 1.807) is 30.8 Å². The molecule has 0 bridgehead atoms. The number of nitrogens with one attached hydrogen (secondary N) is 2. The molecule has 0 radical (unpaired) electrons. The lowest BCUT2D eigenvalue weighted by Crippen LogP contribution is -2.41. The summed E-state index contributed by atoms with van der Waals surface area (Å²) in [5.74, 6) is 0.119. The van der Waals surface area contributed by atoms with Crippen LogP contribution in [0.5, 0.6) is 5.75 Å². The predicted molar refractivity (Wildman–Crippen MR) is 70.9 cm³/mol. The number of carbonyl (C=O) groups is 2. The third-order valence-electron chi connectivity index (χ3n) is 2.02. The van der Waals surface area contributed by atoms with Crippen molar-refractivity contribution in [3.05, 3.63) is 24.3 Å². The van der Waals surface area contributed by atoms with Crippen LogP contribution in [0.1, 0.15) is 6.92 Å². The Morgan fingerprint density at radius 1 is 1.28 bits per heavy atom. The zero-order valence-electron chi connectivity index (χ0n) is 10.4. The number of benzene rings is 1. The van der Waals surface area contributed by atoms with E-state index in [2.05, 4.69) is 10.6 Å². The topological polar surface area (TPSA) is 67.4 Å². The lowest BCUT2D eigenvalue weighted by Gasteiger charge is -2.07. The Bertz CT molecular complexity index is 406. The van der Waals surface area contributed by atoms with Crippen LogP contribution >= 0.6 is 11.8 Å². The number of ether oxygens (including phenoxy) is 1. The highest BCUT2D eigenvalue weighted by Crippen LogP contribution is 2.18. The first kappa shape index (κ1) is 14.4. The third-order valence-corrected chi connectivity index (χ3v) is 2.76. The number of imide groups is 1. The van der Waals surface area contributed by atoms with Crippen molar-refractivity contribution < 1.29 is 14.3 Å². The average Bonchev–Trinajstić information content (AvgIpc) is 2.37. The second-order valence-electron chi connectivity index (χ2n) is 3.37. The van der Waals surface area contributed by atoms with Crippen molar-refractivity contribution in [3.63, 3.8) is 0 Å². The minimum Gasteiger partial charge on any atom is -0.484 e. The van der Waals surface area contributed by atoms with E-state index < -0.39 is 11.9 Å². The number of hydrogen-bond acceptors (Lipinski definition) is 4. The van der Waals surface area contributed by atoms with Gasteiger partial charge in [-0.1, -0.05) is 0 Å². The van der Waals surface area contributed by atoms with Crippen molar-refractivity contribution >= 4 is 23.7 Å².